The van der Waals surface area contributed by atoms with Gasteiger partial charge in [-0.25, -0.2) is 4.98 Å². The molecule has 1 fully saturated rings. The Kier molecular flexibility index (Phi) is 5.70. The molecule has 0 aromatic carbocycles. The van der Waals surface area contributed by atoms with E-state index in [0.29, 0.717) is 11.3 Å². The highest BCUT2D eigenvalue weighted by Crippen LogP contribution is 2.35. The molecular weight excluding hydrogens is 494 g/mol. The zero-order chi connectivity index (χ0) is 25.5. The maximum absolute atomic E-state index is 12.8. The monoisotopic (exact) mass is 519 g/mol. The third kappa shape index (κ3) is 4.14. The third-order valence-corrected chi connectivity index (χ3v) is 8.05. The molecule has 0 aliphatic heterocycles. The molecule has 38 heavy (non-hydrogen) atoms. The minimum Gasteiger partial charge on any atom is -0.352 e. The first-order valence-electron chi connectivity index (χ1n) is 12.8. The molecule has 9 heteroatoms. The van der Waals surface area contributed by atoms with Crippen molar-refractivity contribution < 1.29 is 4.79 Å². The first-order valence-corrected chi connectivity index (χ1v) is 13.8. The van der Waals surface area contributed by atoms with Crippen LogP contribution in [0.1, 0.15) is 32.1 Å². The molecule has 0 radical (unpaired) electrons. The Hall–Kier alpha value is -4.37. The number of H-pyrrole nitrogens is 2. The van der Waals surface area contributed by atoms with Crippen LogP contribution < -0.4 is 5.32 Å². The number of nitrogens with one attached hydrogen (secondary N) is 3. The summed E-state index contributed by atoms with van der Waals surface area (Å²) < 4.78 is 0. The van der Waals surface area contributed by atoms with Gasteiger partial charge < -0.3 is 10.3 Å². The van der Waals surface area contributed by atoms with Crippen LogP contribution in [-0.4, -0.2) is 36.0 Å². The van der Waals surface area contributed by atoms with Crippen molar-refractivity contribution in [1.82, 2.24) is 30.1 Å². The standard InChI is InChI=1S/C29H25N7OS/c37-29(17-4-2-1-3-5-17)33-21-8-19(11-30-13-21)20-9-23-27(35-36-28(23)32-12-20)25-10-22-24(18-6-7-38-16-18)14-31-15-26(22)34-25/h6-17,34H,1-5H2,(H,33,37)(H,32,35,36). The Balaban J connectivity index is 1.23. The van der Waals surface area contributed by atoms with Crippen LogP contribution in [0.15, 0.2) is 66.0 Å². The van der Waals surface area contributed by atoms with Crippen LogP contribution in [0, 0.1) is 5.92 Å². The number of hydrogen-bond donors (Lipinski definition) is 3. The summed E-state index contributed by atoms with van der Waals surface area (Å²) in [7, 11) is 0. The van der Waals surface area contributed by atoms with E-state index in [9.17, 15) is 4.79 Å². The maximum atomic E-state index is 12.8. The Bertz CT molecular complexity index is 1760. The average molecular weight is 520 g/mol. The van der Waals surface area contributed by atoms with Gasteiger partial charge in [0.15, 0.2) is 5.65 Å². The SMILES string of the molecule is O=C(Nc1cncc(-c2cnc3[nH]nc(-c4cc5c(-c6ccsc6)cncc5[nH]4)c3c2)c1)C1CCCCC1. The van der Waals surface area contributed by atoms with Gasteiger partial charge in [0.05, 0.1) is 29.3 Å². The van der Waals surface area contributed by atoms with Gasteiger partial charge in [-0.3, -0.25) is 19.9 Å². The Morgan fingerprint density at radius 2 is 1.79 bits per heavy atom. The lowest BCUT2D eigenvalue weighted by molar-refractivity contribution is -0.120. The van der Waals surface area contributed by atoms with Gasteiger partial charge in [-0.15, -0.1) is 0 Å². The van der Waals surface area contributed by atoms with E-state index in [-0.39, 0.29) is 11.8 Å². The summed E-state index contributed by atoms with van der Waals surface area (Å²) in [6.45, 7) is 0. The van der Waals surface area contributed by atoms with Gasteiger partial charge in [0.2, 0.25) is 5.91 Å². The number of amides is 1. The lowest BCUT2D eigenvalue weighted by atomic mass is 9.88. The second-order valence-electron chi connectivity index (χ2n) is 9.82. The maximum Gasteiger partial charge on any atom is 0.227 e. The van der Waals surface area contributed by atoms with Crippen LogP contribution in [0.5, 0.6) is 0 Å². The van der Waals surface area contributed by atoms with Crippen molar-refractivity contribution in [3.63, 3.8) is 0 Å². The van der Waals surface area contributed by atoms with E-state index in [2.05, 4.69) is 64.4 Å². The summed E-state index contributed by atoms with van der Waals surface area (Å²) in [5.74, 6) is 0.176. The fourth-order valence-electron chi connectivity index (χ4n) is 5.37. The number of anilines is 1. The summed E-state index contributed by atoms with van der Waals surface area (Å²) in [5, 5.41) is 16.9. The Labute approximate surface area is 222 Å². The smallest absolute Gasteiger partial charge is 0.227 e. The van der Waals surface area contributed by atoms with Crippen molar-refractivity contribution in [2.75, 3.05) is 5.32 Å². The van der Waals surface area contributed by atoms with Gasteiger partial charge in [-0.2, -0.15) is 16.4 Å². The summed E-state index contributed by atoms with van der Waals surface area (Å²) >= 11 is 1.67. The molecule has 3 N–H and O–H groups in total. The minimum atomic E-state index is 0.0875. The molecule has 6 heterocycles. The molecule has 0 saturated heterocycles. The Morgan fingerprint density at radius 1 is 0.921 bits per heavy atom. The van der Waals surface area contributed by atoms with Crippen molar-refractivity contribution in [3.05, 3.63) is 66.0 Å². The van der Waals surface area contributed by atoms with Crippen LogP contribution in [0.3, 0.4) is 0 Å². The largest absolute Gasteiger partial charge is 0.352 e. The molecule has 188 valence electrons. The number of aromatic amines is 2. The number of hydrogen-bond acceptors (Lipinski definition) is 6. The van der Waals surface area contributed by atoms with E-state index in [1.54, 1.807) is 29.9 Å². The van der Waals surface area contributed by atoms with E-state index >= 15 is 0 Å². The highest BCUT2D eigenvalue weighted by Gasteiger charge is 2.21. The van der Waals surface area contributed by atoms with Crippen molar-refractivity contribution in [3.8, 4) is 33.6 Å². The van der Waals surface area contributed by atoms with Crippen molar-refractivity contribution in [1.29, 1.82) is 0 Å². The molecule has 0 unspecified atom stereocenters. The van der Waals surface area contributed by atoms with Crippen LogP contribution in [0.25, 0.3) is 55.6 Å². The fraction of sp³-hybridized carbons (Fsp3) is 0.207. The highest BCUT2D eigenvalue weighted by atomic mass is 32.1. The van der Waals surface area contributed by atoms with E-state index in [0.717, 1.165) is 75.6 Å². The van der Waals surface area contributed by atoms with E-state index in [1.807, 2.05) is 18.5 Å². The molecule has 0 bridgehead atoms. The number of pyridine rings is 3. The number of nitrogens with zero attached hydrogens (tertiary/aromatic N) is 4. The van der Waals surface area contributed by atoms with Gasteiger partial charge >= 0.3 is 0 Å². The minimum absolute atomic E-state index is 0.0875. The summed E-state index contributed by atoms with van der Waals surface area (Å²) in [4.78, 5) is 29.7. The fourth-order valence-corrected chi connectivity index (χ4v) is 6.02. The van der Waals surface area contributed by atoms with Gasteiger partial charge in [0, 0.05) is 52.0 Å². The molecule has 0 spiro atoms. The average Bonchev–Trinajstić information content (AvgIpc) is 3.73. The molecule has 0 atom stereocenters. The second-order valence-corrected chi connectivity index (χ2v) is 10.6. The number of carbonyl (C=O) groups is 1. The Morgan fingerprint density at radius 3 is 2.66 bits per heavy atom. The van der Waals surface area contributed by atoms with Gasteiger partial charge in [0.25, 0.3) is 0 Å². The lowest BCUT2D eigenvalue weighted by Crippen LogP contribution is -2.24. The summed E-state index contributed by atoms with van der Waals surface area (Å²) in [6.07, 6.45) is 14.4. The van der Waals surface area contributed by atoms with Crippen LogP contribution in [0.4, 0.5) is 5.69 Å². The zero-order valence-electron chi connectivity index (χ0n) is 20.6. The molecule has 1 amide bonds. The van der Waals surface area contributed by atoms with Gasteiger partial charge in [-0.1, -0.05) is 19.3 Å². The van der Waals surface area contributed by atoms with Gasteiger partial charge in [0.1, 0.15) is 5.69 Å². The normalized spacial score (nSPS) is 14.3. The predicted molar refractivity (Wildman–Crippen MR) is 151 cm³/mol. The number of rotatable bonds is 5. The van der Waals surface area contributed by atoms with Crippen molar-refractivity contribution in [2.24, 2.45) is 5.92 Å². The molecule has 6 aromatic rings. The number of fused-ring (bicyclic) bond motifs is 2. The summed E-state index contributed by atoms with van der Waals surface area (Å²) in [6, 6.07) is 8.25. The quantitative estimate of drug-likeness (QED) is 0.232. The zero-order valence-corrected chi connectivity index (χ0v) is 21.4. The lowest BCUT2D eigenvalue weighted by Gasteiger charge is -2.20. The summed E-state index contributed by atoms with van der Waals surface area (Å²) in [5.41, 5.74) is 8.06. The number of carbonyl (C=O) groups excluding carboxylic acids is 1. The van der Waals surface area contributed by atoms with Gasteiger partial charge in [-0.05, 0) is 53.4 Å². The van der Waals surface area contributed by atoms with Crippen molar-refractivity contribution in [2.45, 2.75) is 32.1 Å². The first kappa shape index (κ1) is 22.8. The molecule has 1 saturated carbocycles. The number of aromatic nitrogens is 6. The molecule has 6 aromatic heterocycles. The predicted octanol–water partition coefficient (Wildman–Crippen LogP) is 6.81. The molecule has 8 nitrogen and oxygen atoms in total. The van der Waals surface area contributed by atoms with E-state index in [1.165, 1.54) is 6.42 Å². The molecular formula is C29H25N7OS. The molecule has 1 aliphatic carbocycles. The van der Waals surface area contributed by atoms with E-state index < -0.39 is 0 Å². The van der Waals surface area contributed by atoms with Crippen LogP contribution in [0.2, 0.25) is 0 Å². The molecule has 1 aliphatic rings. The number of thiophene rings is 1. The second kappa shape index (κ2) is 9.50. The van der Waals surface area contributed by atoms with E-state index in [4.69, 9.17) is 0 Å². The highest BCUT2D eigenvalue weighted by molar-refractivity contribution is 7.08. The topological polar surface area (TPSA) is 112 Å². The van der Waals surface area contributed by atoms with Crippen LogP contribution >= 0.6 is 11.3 Å². The first-order chi connectivity index (χ1) is 18.7. The van der Waals surface area contributed by atoms with Crippen LogP contribution in [-0.2, 0) is 4.79 Å². The van der Waals surface area contributed by atoms with Crippen molar-refractivity contribution >= 4 is 44.9 Å². The third-order valence-electron chi connectivity index (χ3n) is 7.36. The molecule has 7 rings (SSSR count).